The molecular weight excluding hydrogens is 346 g/mol. The number of hydrogen-bond donors (Lipinski definition) is 0. The average Bonchev–Trinajstić information content (AvgIpc) is 3.39. The summed E-state index contributed by atoms with van der Waals surface area (Å²) in [7, 11) is 0. The lowest BCUT2D eigenvalue weighted by Gasteiger charge is -2.03. The lowest BCUT2D eigenvalue weighted by molar-refractivity contribution is 0.0430. The van der Waals surface area contributed by atoms with Gasteiger partial charge in [-0.25, -0.2) is 9.78 Å². The molecule has 0 bridgehead atoms. The van der Waals surface area contributed by atoms with Crippen LogP contribution in [0.4, 0.5) is 0 Å². The Labute approximate surface area is 154 Å². The van der Waals surface area contributed by atoms with Gasteiger partial charge in [0.05, 0.1) is 11.8 Å². The van der Waals surface area contributed by atoms with Crippen LogP contribution in [0.1, 0.15) is 21.8 Å². The summed E-state index contributed by atoms with van der Waals surface area (Å²) in [5.74, 6) is 0.856. The van der Waals surface area contributed by atoms with E-state index in [9.17, 15) is 4.79 Å². The highest BCUT2D eigenvalue weighted by Crippen LogP contribution is 2.21. The van der Waals surface area contributed by atoms with Gasteiger partial charge in [0, 0.05) is 11.1 Å². The Morgan fingerprint density at radius 2 is 1.93 bits per heavy atom. The predicted octanol–water partition coefficient (Wildman–Crippen LogP) is 4.06. The summed E-state index contributed by atoms with van der Waals surface area (Å²) in [6.45, 7) is 1.87. The smallest absolute Gasteiger partial charge is 0.338 e. The van der Waals surface area contributed by atoms with Crippen molar-refractivity contribution in [3.63, 3.8) is 0 Å². The number of nitrogens with zero attached hydrogens (tertiary/aromatic N) is 3. The van der Waals surface area contributed by atoms with E-state index in [1.165, 1.54) is 6.39 Å². The quantitative estimate of drug-likeness (QED) is 0.495. The zero-order chi connectivity index (χ0) is 18.6. The highest BCUT2D eigenvalue weighted by molar-refractivity contribution is 5.89. The number of aromatic nitrogens is 3. The monoisotopic (exact) mass is 361 g/mol. The number of carbonyl (C=O) groups is 1. The summed E-state index contributed by atoms with van der Waals surface area (Å²) in [4.78, 5) is 20.3. The SMILES string of the molecule is Cc1ccccc1-c1noc(COC(=O)c2ccc(-c3cnco3)cc2)n1. The molecule has 0 aliphatic carbocycles. The number of benzene rings is 2. The van der Waals surface area contributed by atoms with Gasteiger partial charge in [-0.1, -0.05) is 41.6 Å². The molecular formula is C20H15N3O4. The van der Waals surface area contributed by atoms with Crippen molar-refractivity contribution in [3.8, 4) is 22.7 Å². The van der Waals surface area contributed by atoms with E-state index in [0.717, 1.165) is 16.7 Å². The number of carbonyl (C=O) groups excluding carboxylic acids is 1. The highest BCUT2D eigenvalue weighted by atomic mass is 16.6. The molecule has 2 aromatic heterocycles. The molecule has 27 heavy (non-hydrogen) atoms. The lowest BCUT2D eigenvalue weighted by atomic mass is 10.1. The van der Waals surface area contributed by atoms with Crippen molar-refractivity contribution in [2.24, 2.45) is 0 Å². The molecule has 134 valence electrons. The highest BCUT2D eigenvalue weighted by Gasteiger charge is 2.14. The van der Waals surface area contributed by atoms with Crippen LogP contribution < -0.4 is 0 Å². The van der Waals surface area contributed by atoms with Crippen molar-refractivity contribution in [1.82, 2.24) is 15.1 Å². The molecule has 4 aromatic rings. The van der Waals surface area contributed by atoms with Gasteiger partial charge in [-0.3, -0.25) is 0 Å². The Bertz CT molecular complexity index is 1050. The minimum Gasteiger partial charge on any atom is -0.452 e. The minimum absolute atomic E-state index is 0.0957. The molecule has 0 unspecified atom stereocenters. The molecule has 0 spiro atoms. The number of aryl methyl sites for hydroxylation is 1. The van der Waals surface area contributed by atoms with Crippen LogP contribution in [0.2, 0.25) is 0 Å². The lowest BCUT2D eigenvalue weighted by Crippen LogP contribution is -2.05. The summed E-state index contributed by atoms with van der Waals surface area (Å²) in [6.07, 6.45) is 2.96. The van der Waals surface area contributed by atoms with Crippen LogP contribution >= 0.6 is 0 Å². The predicted molar refractivity (Wildman–Crippen MR) is 95.5 cm³/mol. The molecule has 0 fully saturated rings. The Hall–Kier alpha value is -3.74. The van der Waals surface area contributed by atoms with Crippen LogP contribution in [0, 0.1) is 6.92 Å². The first kappa shape index (κ1) is 16.7. The summed E-state index contributed by atoms with van der Waals surface area (Å²) in [6, 6.07) is 14.6. The molecule has 0 atom stereocenters. The van der Waals surface area contributed by atoms with E-state index in [1.54, 1.807) is 30.5 Å². The third-order valence-electron chi connectivity index (χ3n) is 4.02. The van der Waals surface area contributed by atoms with Crippen LogP contribution in [0.25, 0.3) is 22.7 Å². The molecule has 0 radical (unpaired) electrons. The fraction of sp³-hybridized carbons (Fsp3) is 0.100. The van der Waals surface area contributed by atoms with Gasteiger partial charge in [0.25, 0.3) is 5.89 Å². The molecule has 7 heteroatoms. The van der Waals surface area contributed by atoms with Crippen molar-refractivity contribution in [2.45, 2.75) is 13.5 Å². The molecule has 2 aromatic carbocycles. The Morgan fingerprint density at radius 3 is 2.67 bits per heavy atom. The van der Waals surface area contributed by atoms with Crippen molar-refractivity contribution < 1.29 is 18.5 Å². The van der Waals surface area contributed by atoms with Crippen LogP contribution in [-0.4, -0.2) is 21.1 Å². The van der Waals surface area contributed by atoms with E-state index >= 15 is 0 Å². The second-order valence-electron chi connectivity index (χ2n) is 5.85. The average molecular weight is 361 g/mol. The van der Waals surface area contributed by atoms with Gasteiger partial charge in [0.2, 0.25) is 5.82 Å². The number of ether oxygens (including phenoxy) is 1. The largest absolute Gasteiger partial charge is 0.452 e. The van der Waals surface area contributed by atoms with Gasteiger partial charge in [-0.15, -0.1) is 0 Å². The Balaban J connectivity index is 1.40. The Kier molecular flexibility index (Phi) is 4.49. The van der Waals surface area contributed by atoms with Gasteiger partial charge >= 0.3 is 5.97 Å². The van der Waals surface area contributed by atoms with Crippen LogP contribution in [0.3, 0.4) is 0 Å². The molecule has 4 rings (SSSR count). The van der Waals surface area contributed by atoms with Crippen molar-refractivity contribution >= 4 is 5.97 Å². The van der Waals surface area contributed by atoms with E-state index in [4.69, 9.17) is 13.7 Å². The van der Waals surface area contributed by atoms with Crippen LogP contribution in [0.15, 0.2) is 70.1 Å². The van der Waals surface area contributed by atoms with Gasteiger partial charge in [-0.05, 0) is 24.6 Å². The topological polar surface area (TPSA) is 91.2 Å². The zero-order valence-corrected chi connectivity index (χ0v) is 14.5. The van der Waals surface area contributed by atoms with Gasteiger partial charge in [-0.2, -0.15) is 4.98 Å². The van der Waals surface area contributed by atoms with E-state index < -0.39 is 5.97 Å². The Morgan fingerprint density at radius 1 is 1.11 bits per heavy atom. The third-order valence-corrected chi connectivity index (χ3v) is 4.02. The number of oxazole rings is 1. The maximum atomic E-state index is 12.2. The number of rotatable bonds is 5. The number of hydrogen-bond acceptors (Lipinski definition) is 7. The fourth-order valence-corrected chi connectivity index (χ4v) is 2.59. The molecule has 7 nitrogen and oxygen atoms in total. The first-order valence-electron chi connectivity index (χ1n) is 8.25. The van der Waals surface area contributed by atoms with E-state index in [-0.39, 0.29) is 12.5 Å². The maximum absolute atomic E-state index is 12.2. The molecule has 2 heterocycles. The van der Waals surface area contributed by atoms with E-state index in [1.807, 2.05) is 31.2 Å². The van der Waals surface area contributed by atoms with Crippen LogP contribution in [0.5, 0.6) is 0 Å². The molecule has 0 N–H and O–H groups in total. The summed E-state index contributed by atoms with van der Waals surface area (Å²) in [5.41, 5.74) is 3.15. The van der Waals surface area contributed by atoms with Gasteiger partial charge < -0.3 is 13.7 Å². The second-order valence-corrected chi connectivity index (χ2v) is 5.85. The molecule has 0 saturated heterocycles. The van der Waals surface area contributed by atoms with E-state index in [2.05, 4.69) is 15.1 Å². The normalized spacial score (nSPS) is 10.7. The van der Waals surface area contributed by atoms with Crippen molar-refractivity contribution in [2.75, 3.05) is 0 Å². The third kappa shape index (κ3) is 3.62. The maximum Gasteiger partial charge on any atom is 0.338 e. The summed E-state index contributed by atoms with van der Waals surface area (Å²) < 4.78 is 15.6. The second kappa shape index (κ2) is 7.25. The first-order chi connectivity index (χ1) is 13.2. The number of esters is 1. The first-order valence-corrected chi connectivity index (χ1v) is 8.25. The fourth-order valence-electron chi connectivity index (χ4n) is 2.59. The van der Waals surface area contributed by atoms with Crippen molar-refractivity contribution in [1.29, 1.82) is 0 Å². The van der Waals surface area contributed by atoms with E-state index in [0.29, 0.717) is 17.1 Å². The van der Waals surface area contributed by atoms with Gasteiger partial charge in [0.1, 0.15) is 0 Å². The molecule has 0 amide bonds. The molecule has 0 aliphatic heterocycles. The zero-order valence-electron chi connectivity index (χ0n) is 14.5. The minimum atomic E-state index is -0.477. The van der Waals surface area contributed by atoms with Gasteiger partial charge in [0.15, 0.2) is 18.8 Å². The molecule has 0 saturated carbocycles. The van der Waals surface area contributed by atoms with Crippen LogP contribution in [-0.2, 0) is 11.3 Å². The molecule has 0 aliphatic rings. The summed E-state index contributed by atoms with van der Waals surface area (Å²) in [5, 5.41) is 3.94. The summed E-state index contributed by atoms with van der Waals surface area (Å²) >= 11 is 0. The van der Waals surface area contributed by atoms with Crippen molar-refractivity contribution in [3.05, 3.63) is 78.1 Å². The standard InChI is InChI=1S/C20H15N3O4/c1-13-4-2-3-5-16(13)19-22-18(27-23-19)11-25-20(24)15-8-6-14(7-9-15)17-10-21-12-26-17/h2-10,12H,11H2,1H3.